The van der Waals surface area contributed by atoms with E-state index in [0.29, 0.717) is 30.2 Å². The Morgan fingerprint density at radius 1 is 1.10 bits per heavy atom. The van der Waals surface area contributed by atoms with Crippen LogP contribution in [0.4, 0.5) is 24.7 Å². The van der Waals surface area contributed by atoms with Crippen LogP contribution in [0.25, 0.3) is 33.6 Å². The highest BCUT2D eigenvalue weighted by molar-refractivity contribution is 6.01. The predicted molar refractivity (Wildman–Crippen MR) is 143 cm³/mol. The maximum absolute atomic E-state index is 14.0. The summed E-state index contributed by atoms with van der Waals surface area (Å²) in [7, 11) is 1.80. The summed E-state index contributed by atoms with van der Waals surface area (Å²) >= 11 is 0. The molecule has 3 aliphatic heterocycles. The van der Waals surface area contributed by atoms with Gasteiger partial charge in [-0.05, 0) is 47.9 Å². The van der Waals surface area contributed by atoms with Gasteiger partial charge in [-0.25, -0.2) is 9.98 Å². The number of fused-ring (bicyclic) bond motifs is 3. The van der Waals surface area contributed by atoms with Crippen molar-refractivity contribution in [3.63, 3.8) is 0 Å². The Labute approximate surface area is 226 Å². The number of benzene rings is 2. The zero-order valence-electron chi connectivity index (χ0n) is 21.5. The van der Waals surface area contributed by atoms with Crippen molar-refractivity contribution in [2.75, 3.05) is 11.9 Å². The zero-order valence-corrected chi connectivity index (χ0v) is 21.5. The van der Waals surface area contributed by atoms with Crippen LogP contribution in [0.2, 0.25) is 0 Å². The summed E-state index contributed by atoms with van der Waals surface area (Å²) in [4.78, 5) is 25.7. The van der Waals surface area contributed by atoms with E-state index in [1.165, 1.54) is 12.1 Å². The highest BCUT2D eigenvalue weighted by atomic mass is 19.4. The monoisotopic (exact) mass is 544 g/mol. The molecule has 12 heteroatoms. The molecular formula is C28H23F3N8O. The van der Waals surface area contributed by atoms with Crippen LogP contribution < -0.4 is 16.7 Å². The second kappa shape index (κ2) is 9.33. The number of rotatable bonds is 4. The van der Waals surface area contributed by atoms with Gasteiger partial charge in [0.2, 0.25) is 5.91 Å². The topological polar surface area (TPSA) is 116 Å². The van der Waals surface area contributed by atoms with Gasteiger partial charge in [-0.15, -0.1) is 0 Å². The van der Waals surface area contributed by atoms with Gasteiger partial charge in [0.15, 0.2) is 0 Å². The molecule has 0 atom stereocenters. The fraction of sp³-hybridized carbons (Fsp3) is 0.179. The lowest BCUT2D eigenvalue weighted by molar-refractivity contribution is -0.137. The molecule has 3 aromatic rings. The molecule has 3 N–H and O–H groups in total. The first-order valence-corrected chi connectivity index (χ1v) is 12.4. The minimum atomic E-state index is -4.68. The van der Waals surface area contributed by atoms with Crippen molar-refractivity contribution < 1.29 is 18.0 Å². The number of nitrogens with two attached hydrogens (primary N) is 1. The molecule has 0 saturated heterocycles. The van der Waals surface area contributed by atoms with E-state index in [1.807, 2.05) is 17.6 Å². The van der Waals surface area contributed by atoms with E-state index in [-0.39, 0.29) is 22.3 Å². The molecule has 0 unspecified atom stereocenters. The van der Waals surface area contributed by atoms with Crippen molar-refractivity contribution >= 4 is 17.4 Å². The molecule has 0 saturated carbocycles. The van der Waals surface area contributed by atoms with Gasteiger partial charge in [0.1, 0.15) is 17.3 Å². The van der Waals surface area contributed by atoms with Crippen molar-refractivity contribution in [2.24, 2.45) is 17.8 Å². The molecule has 0 radical (unpaired) electrons. The van der Waals surface area contributed by atoms with Crippen LogP contribution in [-0.4, -0.2) is 36.8 Å². The number of aryl methyl sites for hydroxylation is 2. The summed E-state index contributed by atoms with van der Waals surface area (Å²) in [5.74, 6) is 0.517. The summed E-state index contributed by atoms with van der Waals surface area (Å²) in [5.41, 5.74) is 8.34. The number of primary amides is 1. The van der Waals surface area contributed by atoms with E-state index in [2.05, 4.69) is 25.4 Å². The van der Waals surface area contributed by atoms with Crippen molar-refractivity contribution in [1.82, 2.24) is 24.3 Å². The minimum Gasteiger partial charge on any atom is -0.369 e. The van der Waals surface area contributed by atoms with E-state index in [0.717, 1.165) is 28.6 Å². The predicted octanol–water partition coefficient (Wildman–Crippen LogP) is 4.53. The van der Waals surface area contributed by atoms with E-state index in [9.17, 15) is 18.0 Å². The fourth-order valence-electron chi connectivity index (χ4n) is 5.07. The summed E-state index contributed by atoms with van der Waals surface area (Å²) < 4.78 is 45.7. The highest BCUT2D eigenvalue weighted by Gasteiger charge is 2.35. The number of hydrogen-bond acceptors (Lipinski definition) is 6. The van der Waals surface area contributed by atoms with Crippen molar-refractivity contribution in [3.05, 3.63) is 83.4 Å². The Morgan fingerprint density at radius 2 is 1.90 bits per heavy atom. The molecule has 2 aromatic carbocycles. The van der Waals surface area contributed by atoms with E-state index in [1.54, 1.807) is 48.5 Å². The molecule has 6 rings (SSSR count). The first kappa shape index (κ1) is 25.3. The molecule has 202 valence electrons. The van der Waals surface area contributed by atoms with Gasteiger partial charge in [-0.3, -0.25) is 9.48 Å². The minimum absolute atomic E-state index is 0.195. The Bertz CT molecular complexity index is 1840. The Kier molecular flexibility index (Phi) is 5.90. The molecule has 0 fully saturated rings. The van der Waals surface area contributed by atoms with E-state index in [4.69, 9.17) is 5.73 Å². The van der Waals surface area contributed by atoms with Gasteiger partial charge < -0.3 is 15.6 Å². The van der Waals surface area contributed by atoms with E-state index < -0.39 is 17.6 Å². The molecule has 0 spiro atoms. The largest absolute Gasteiger partial charge is 0.417 e. The SMILES string of the molecule is Cc1ccc(-c2c(C(N)=O)cccc2C(F)(F)F)cc1-c1cc2cnc(=Nc3cnn(C)c3)nc-2n2c1NCC2. The fourth-order valence-corrected chi connectivity index (χ4v) is 5.07. The number of amides is 1. The number of aromatic nitrogens is 5. The second-order valence-corrected chi connectivity index (χ2v) is 9.54. The van der Waals surface area contributed by atoms with Crippen LogP contribution in [0.1, 0.15) is 21.5 Å². The quantitative estimate of drug-likeness (QED) is 0.345. The molecule has 1 amide bonds. The van der Waals surface area contributed by atoms with Crippen molar-refractivity contribution in [1.29, 1.82) is 0 Å². The van der Waals surface area contributed by atoms with Crippen LogP contribution in [0.5, 0.6) is 0 Å². The summed E-state index contributed by atoms with van der Waals surface area (Å²) in [5, 5.41) is 7.50. The van der Waals surface area contributed by atoms with Gasteiger partial charge in [0, 0.05) is 48.6 Å². The average Bonchev–Trinajstić information content (AvgIpc) is 3.57. The number of anilines is 1. The number of hydrogen-bond donors (Lipinski definition) is 2. The van der Waals surface area contributed by atoms with Gasteiger partial charge in [0.05, 0.1) is 18.0 Å². The lowest BCUT2D eigenvalue weighted by atomic mass is 9.89. The third-order valence-electron chi connectivity index (χ3n) is 6.86. The Morgan fingerprint density at radius 3 is 2.62 bits per heavy atom. The lowest BCUT2D eigenvalue weighted by Crippen LogP contribution is -2.17. The molecule has 3 aliphatic rings. The molecule has 40 heavy (non-hydrogen) atoms. The van der Waals surface area contributed by atoms with Crippen LogP contribution in [0, 0.1) is 6.92 Å². The van der Waals surface area contributed by atoms with Crippen LogP contribution in [-0.2, 0) is 19.8 Å². The van der Waals surface area contributed by atoms with Crippen LogP contribution in [0.3, 0.4) is 0 Å². The van der Waals surface area contributed by atoms with E-state index >= 15 is 0 Å². The number of halogens is 3. The third kappa shape index (κ3) is 4.36. The van der Waals surface area contributed by atoms with Gasteiger partial charge >= 0.3 is 6.18 Å². The number of carbonyl (C=O) groups excluding carboxylic acids is 1. The Balaban J connectivity index is 1.55. The smallest absolute Gasteiger partial charge is 0.369 e. The normalized spacial score (nSPS) is 13.5. The molecule has 4 heterocycles. The average molecular weight is 545 g/mol. The molecular weight excluding hydrogens is 521 g/mol. The number of nitrogens with one attached hydrogen (secondary N) is 1. The van der Waals surface area contributed by atoms with Gasteiger partial charge in [0.25, 0.3) is 5.62 Å². The zero-order chi connectivity index (χ0) is 28.2. The molecule has 0 aliphatic carbocycles. The highest BCUT2D eigenvalue weighted by Crippen LogP contribution is 2.43. The van der Waals surface area contributed by atoms with Crippen LogP contribution >= 0.6 is 0 Å². The summed E-state index contributed by atoms with van der Waals surface area (Å²) in [6.45, 7) is 3.16. The number of alkyl halides is 3. The first-order chi connectivity index (χ1) is 19.1. The van der Waals surface area contributed by atoms with Gasteiger partial charge in [-0.2, -0.15) is 23.3 Å². The lowest BCUT2D eigenvalue weighted by Gasteiger charge is -2.20. The standard InChI is InChI=1S/C28H23F3N8O/c1-15-6-7-16(23-19(24(32)40)4-3-5-22(23)28(29,30)31)10-20(15)21-11-17-12-34-27(36-18-13-35-38(2)14-18)37-25(17)39-9-8-33-26(21)39/h3-7,10-14,33H,8-9H2,1-2H3,(H2,32,40). The van der Waals surface area contributed by atoms with Crippen molar-refractivity contribution in [3.8, 4) is 33.6 Å². The maximum Gasteiger partial charge on any atom is 0.417 e. The maximum atomic E-state index is 14.0. The third-order valence-corrected chi connectivity index (χ3v) is 6.86. The summed E-state index contributed by atoms with van der Waals surface area (Å²) in [6.07, 6.45) is 0.373. The first-order valence-electron chi connectivity index (χ1n) is 12.4. The Hall–Kier alpha value is -5.00. The molecule has 0 bridgehead atoms. The molecule has 1 aromatic heterocycles. The second-order valence-electron chi connectivity index (χ2n) is 9.54. The van der Waals surface area contributed by atoms with Crippen molar-refractivity contribution in [2.45, 2.75) is 19.6 Å². The number of carbonyl (C=O) groups is 1. The molecule has 9 nitrogen and oxygen atoms in total. The number of nitrogens with zero attached hydrogens (tertiary/aromatic N) is 6. The van der Waals surface area contributed by atoms with Crippen LogP contribution in [0.15, 0.2) is 66.0 Å². The van der Waals surface area contributed by atoms with Gasteiger partial charge in [-0.1, -0.05) is 18.2 Å². The number of pyridine rings is 1. The summed E-state index contributed by atoms with van der Waals surface area (Å²) in [6, 6.07) is 10.3.